The van der Waals surface area contributed by atoms with Crippen molar-refractivity contribution in [3.05, 3.63) is 58.1 Å². The van der Waals surface area contributed by atoms with Crippen LogP contribution in [0.4, 0.5) is 11.4 Å². The van der Waals surface area contributed by atoms with Crippen molar-refractivity contribution in [1.82, 2.24) is 5.32 Å². The summed E-state index contributed by atoms with van der Waals surface area (Å²) in [5.74, 6) is -0.395. The molecule has 0 aliphatic carbocycles. The van der Waals surface area contributed by atoms with Crippen molar-refractivity contribution >= 4 is 57.8 Å². The molecule has 0 spiro atoms. The van der Waals surface area contributed by atoms with Gasteiger partial charge < -0.3 is 15.0 Å². The van der Waals surface area contributed by atoms with E-state index < -0.39 is 5.91 Å². The lowest BCUT2D eigenvalue weighted by atomic mass is 10.2. The number of ether oxygens (including phenoxy) is 1. The molecule has 2 aromatic carbocycles. The predicted molar refractivity (Wildman–Crippen MR) is 110 cm³/mol. The van der Waals surface area contributed by atoms with Crippen LogP contribution in [0.25, 0.3) is 0 Å². The molecule has 136 valence electrons. The summed E-state index contributed by atoms with van der Waals surface area (Å²) in [6.07, 6.45) is 0. The highest BCUT2D eigenvalue weighted by molar-refractivity contribution is 7.80. The number of hydrogen-bond acceptors (Lipinski definition) is 4. The molecule has 26 heavy (non-hydrogen) atoms. The second-order valence-corrected chi connectivity index (χ2v) is 6.90. The quantitative estimate of drug-likeness (QED) is 0.751. The summed E-state index contributed by atoms with van der Waals surface area (Å²) >= 11 is 17.2. The number of nitrogens with one attached hydrogen (secondary N) is 2. The molecule has 2 N–H and O–H groups in total. The van der Waals surface area contributed by atoms with Crippen LogP contribution in [0.15, 0.2) is 42.5 Å². The predicted octanol–water partition coefficient (Wildman–Crippen LogP) is 3.96. The monoisotopic (exact) mass is 409 g/mol. The van der Waals surface area contributed by atoms with Gasteiger partial charge in [0.15, 0.2) is 5.11 Å². The highest BCUT2D eigenvalue weighted by Gasteiger charge is 2.16. The van der Waals surface area contributed by atoms with Crippen LogP contribution in [-0.2, 0) is 4.74 Å². The van der Waals surface area contributed by atoms with E-state index in [4.69, 9.17) is 40.2 Å². The van der Waals surface area contributed by atoms with Crippen molar-refractivity contribution in [1.29, 1.82) is 0 Å². The van der Waals surface area contributed by atoms with Crippen LogP contribution in [0.3, 0.4) is 0 Å². The highest BCUT2D eigenvalue weighted by Crippen LogP contribution is 2.26. The van der Waals surface area contributed by atoms with E-state index in [0.29, 0.717) is 23.8 Å². The number of anilines is 2. The number of carbonyl (C=O) groups excluding carboxylic acids is 1. The number of nitrogens with zero attached hydrogens (tertiary/aromatic N) is 1. The molecule has 0 saturated carbocycles. The van der Waals surface area contributed by atoms with E-state index in [1.54, 1.807) is 12.1 Å². The Labute approximate surface area is 167 Å². The van der Waals surface area contributed by atoms with Gasteiger partial charge in [0.2, 0.25) is 0 Å². The number of halogens is 2. The minimum absolute atomic E-state index is 0.196. The topological polar surface area (TPSA) is 53.6 Å². The van der Waals surface area contributed by atoms with E-state index in [1.807, 2.05) is 24.3 Å². The third-order valence-corrected chi connectivity index (χ3v) is 4.66. The van der Waals surface area contributed by atoms with Gasteiger partial charge in [0.1, 0.15) is 0 Å². The lowest BCUT2D eigenvalue weighted by molar-refractivity contribution is 0.0978. The first-order valence-corrected chi connectivity index (χ1v) is 9.20. The van der Waals surface area contributed by atoms with Gasteiger partial charge in [-0.1, -0.05) is 35.3 Å². The Balaban J connectivity index is 1.69. The van der Waals surface area contributed by atoms with Gasteiger partial charge in [0.05, 0.1) is 35.2 Å². The van der Waals surface area contributed by atoms with Crippen molar-refractivity contribution < 1.29 is 9.53 Å². The molecule has 1 amide bonds. The minimum Gasteiger partial charge on any atom is -0.378 e. The van der Waals surface area contributed by atoms with Crippen LogP contribution in [0.5, 0.6) is 0 Å². The van der Waals surface area contributed by atoms with E-state index in [2.05, 4.69) is 15.5 Å². The molecule has 1 aliphatic heterocycles. The smallest absolute Gasteiger partial charge is 0.258 e. The average Bonchev–Trinajstić information content (AvgIpc) is 2.62. The summed E-state index contributed by atoms with van der Waals surface area (Å²) in [6.45, 7) is 2.98. The zero-order valence-electron chi connectivity index (χ0n) is 13.8. The minimum atomic E-state index is -0.395. The highest BCUT2D eigenvalue weighted by atomic mass is 35.5. The maximum atomic E-state index is 12.4. The fourth-order valence-corrected chi connectivity index (χ4v) is 3.35. The fraction of sp³-hybridized carbons (Fsp3) is 0.222. The molecule has 2 aromatic rings. The van der Waals surface area contributed by atoms with E-state index >= 15 is 0 Å². The number of amides is 1. The Bertz CT molecular complexity index is 826. The average molecular weight is 410 g/mol. The lowest BCUT2D eigenvalue weighted by Crippen LogP contribution is -2.38. The largest absolute Gasteiger partial charge is 0.378 e. The molecule has 1 heterocycles. The fourth-order valence-electron chi connectivity index (χ4n) is 2.66. The second-order valence-electron chi connectivity index (χ2n) is 5.65. The molecule has 0 atom stereocenters. The van der Waals surface area contributed by atoms with Crippen molar-refractivity contribution in [2.45, 2.75) is 0 Å². The van der Waals surface area contributed by atoms with Crippen molar-refractivity contribution in [3.8, 4) is 0 Å². The summed E-state index contributed by atoms with van der Waals surface area (Å²) < 4.78 is 5.40. The van der Waals surface area contributed by atoms with Gasteiger partial charge in [0, 0.05) is 18.1 Å². The van der Waals surface area contributed by atoms with E-state index in [9.17, 15) is 4.79 Å². The number of rotatable bonds is 3. The zero-order valence-corrected chi connectivity index (χ0v) is 16.1. The maximum absolute atomic E-state index is 12.4. The summed E-state index contributed by atoms with van der Waals surface area (Å²) in [6, 6.07) is 12.5. The molecule has 5 nitrogen and oxygen atoms in total. The van der Waals surface area contributed by atoms with Crippen LogP contribution in [0.1, 0.15) is 10.4 Å². The molecule has 0 bridgehead atoms. The van der Waals surface area contributed by atoms with Crippen molar-refractivity contribution in [2.24, 2.45) is 0 Å². The SMILES string of the molecule is O=C(NC(=S)Nc1ccccc1N1CCOCC1)c1ccc(Cl)cc1Cl. The molecule has 3 rings (SSSR count). The van der Waals surface area contributed by atoms with Crippen LogP contribution < -0.4 is 15.5 Å². The van der Waals surface area contributed by atoms with Gasteiger partial charge in [-0.05, 0) is 42.5 Å². The number of carbonyl (C=O) groups is 1. The Morgan fingerprint density at radius 2 is 1.85 bits per heavy atom. The first-order valence-electron chi connectivity index (χ1n) is 8.04. The third-order valence-electron chi connectivity index (χ3n) is 3.91. The first kappa shape index (κ1) is 18.9. The van der Waals surface area contributed by atoms with Gasteiger partial charge in [-0.15, -0.1) is 0 Å². The molecule has 1 aliphatic rings. The standard InChI is InChI=1S/C18H17Cl2N3O2S/c19-12-5-6-13(14(20)11-12)17(24)22-18(26)21-15-3-1-2-4-16(15)23-7-9-25-10-8-23/h1-6,11H,7-10H2,(H2,21,22,24,26). The van der Waals surface area contributed by atoms with Crippen LogP contribution in [0, 0.1) is 0 Å². The number of benzene rings is 2. The summed E-state index contributed by atoms with van der Waals surface area (Å²) in [5, 5.41) is 6.66. The third kappa shape index (κ3) is 4.65. The molecule has 0 unspecified atom stereocenters. The van der Waals surface area contributed by atoms with E-state index in [1.165, 1.54) is 6.07 Å². The number of morpholine rings is 1. The van der Waals surface area contributed by atoms with Crippen LogP contribution in [0.2, 0.25) is 10.0 Å². The van der Waals surface area contributed by atoms with Gasteiger partial charge in [-0.3, -0.25) is 10.1 Å². The van der Waals surface area contributed by atoms with E-state index in [-0.39, 0.29) is 10.1 Å². The normalized spacial score (nSPS) is 14.0. The van der Waals surface area contributed by atoms with E-state index in [0.717, 1.165) is 24.5 Å². The second kappa shape index (κ2) is 8.68. The van der Waals surface area contributed by atoms with Crippen LogP contribution >= 0.6 is 35.4 Å². The first-order chi connectivity index (χ1) is 12.5. The summed E-state index contributed by atoms with van der Waals surface area (Å²) in [4.78, 5) is 14.6. The van der Waals surface area contributed by atoms with Crippen molar-refractivity contribution in [3.63, 3.8) is 0 Å². The molecule has 8 heteroatoms. The van der Waals surface area contributed by atoms with Crippen LogP contribution in [-0.4, -0.2) is 37.3 Å². The summed E-state index contributed by atoms with van der Waals surface area (Å²) in [7, 11) is 0. The van der Waals surface area contributed by atoms with Gasteiger partial charge >= 0.3 is 0 Å². The molecular weight excluding hydrogens is 393 g/mol. The molecule has 0 aromatic heterocycles. The van der Waals surface area contributed by atoms with Gasteiger partial charge in [-0.2, -0.15) is 0 Å². The van der Waals surface area contributed by atoms with Crippen molar-refractivity contribution in [2.75, 3.05) is 36.5 Å². The Morgan fingerprint density at radius 3 is 2.58 bits per heavy atom. The molecule has 0 radical (unpaired) electrons. The number of hydrogen-bond donors (Lipinski definition) is 2. The summed E-state index contributed by atoms with van der Waals surface area (Å²) in [5.41, 5.74) is 2.14. The number of para-hydroxylation sites is 2. The zero-order chi connectivity index (χ0) is 18.5. The maximum Gasteiger partial charge on any atom is 0.258 e. The van der Waals surface area contributed by atoms with Gasteiger partial charge in [0.25, 0.3) is 5.91 Å². The molecular formula is C18H17Cl2N3O2S. The molecule has 1 saturated heterocycles. The van der Waals surface area contributed by atoms with Gasteiger partial charge in [-0.25, -0.2) is 0 Å². The lowest BCUT2D eigenvalue weighted by Gasteiger charge is -2.30. The Morgan fingerprint density at radius 1 is 1.12 bits per heavy atom. The molecule has 1 fully saturated rings. The number of thiocarbonyl (C=S) groups is 1. The Kier molecular flexibility index (Phi) is 6.32. The Hall–Kier alpha value is -1.86.